The summed E-state index contributed by atoms with van der Waals surface area (Å²) in [5.41, 5.74) is 2.66. The van der Waals surface area contributed by atoms with Crippen molar-refractivity contribution in [2.75, 3.05) is 6.54 Å². The maximum absolute atomic E-state index is 12.8. The lowest BCUT2D eigenvalue weighted by molar-refractivity contribution is -0.121. The molecule has 0 bridgehead atoms. The molecule has 2 amide bonds. The number of carbonyl (C=O) groups is 2. The van der Waals surface area contributed by atoms with Crippen LogP contribution in [0, 0.1) is 5.82 Å². The molecule has 1 aliphatic rings. The van der Waals surface area contributed by atoms with Crippen LogP contribution in [-0.2, 0) is 17.9 Å². The van der Waals surface area contributed by atoms with Gasteiger partial charge >= 0.3 is 0 Å². The van der Waals surface area contributed by atoms with Crippen LogP contribution in [0.15, 0.2) is 48.5 Å². The Bertz CT molecular complexity index is 743. The van der Waals surface area contributed by atoms with E-state index in [1.54, 1.807) is 17.0 Å². The van der Waals surface area contributed by atoms with Gasteiger partial charge in [-0.3, -0.25) is 9.59 Å². The smallest absolute Gasteiger partial charge is 0.254 e. The summed E-state index contributed by atoms with van der Waals surface area (Å²) in [5.74, 6) is -0.317. The lowest BCUT2D eigenvalue weighted by Gasteiger charge is -2.15. The summed E-state index contributed by atoms with van der Waals surface area (Å²) in [6.45, 7) is 1.57. The molecule has 0 unspecified atom stereocenters. The van der Waals surface area contributed by atoms with E-state index in [0.29, 0.717) is 32.5 Å². The number of hydrogen-bond donors (Lipinski definition) is 1. The van der Waals surface area contributed by atoms with Crippen LogP contribution in [0.3, 0.4) is 0 Å². The molecule has 0 spiro atoms. The van der Waals surface area contributed by atoms with Crippen molar-refractivity contribution in [2.45, 2.75) is 25.9 Å². The zero-order valence-electron chi connectivity index (χ0n) is 13.3. The fraction of sp³-hybridized carbons (Fsp3) is 0.263. The summed E-state index contributed by atoms with van der Waals surface area (Å²) < 4.78 is 12.8. The Balaban J connectivity index is 1.40. The van der Waals surface area contributed by atoms with E-state index >= 15 is 0 Å². The molecule has 1 heterocycles. The fourth-order valence-corrected chi connectivity index (χ4v) is 2.82. The highest BCUT2D eigenvalue weighted by atomic mass is 19.1. The Morgan fingerprint density at radius 2 is 1.88 bits per heavy atom. The second kappa shape index (κ2) is 7.25. The molecule has 1 aliphatic heterocycles. The van der Waals surface area contributed by atoms with E-state index in [1.807, 2.05) is 24.3 Å². The molecule has 0 saturated heterocycles. The SMILES string of the molecule is O=C(CCCN1Cc2ccccc2C1=O)NCc1ccc(F)cc1. The van der Waals surface area contributed by atoms with E-state index in [0.717, 1.165) is 16.7 Å². The lowest BCUT2D eigenvalue weighted by Crippen LogP contribution is -2.27. The van der Waals surface area contributed by atoms with Crippen molar-refractivity contribution in [3.63, 3.8) is 0 Å². The molecule has 1 N–H and O–H groups in total. The van der Waals surface area contributed by atoms with Crippen molar-refractivity contribution in [1.29, 1.82) is 0 Å². The van der Waals surface area contributed by atoms with Gasteiger partial charge in [0.2, 0.25) is 5.91 Å². The van der Waals surface area contributed by atoms with E-state index in [4.69, 9.17) is 0 Å². The van der Waals surface area contributed by atoms with Crippen molar-refractivity contribution in [3.05, 3.63) is 71.0 Å². The number of carbonyl (C=O) groups excluding carboxylic acids is 2. The Kier molecular flexibility index (Phi) is 4.89. The molecular weight excluding hydrogens is 307 g/mol. The summed E-state index contributed by atoms with van der Waals surface area (Å²) in [4.78, 5) is 25.8. The summed E-state index contributed by atoms with van der Waals surface area (Å²) in [7, 11) is 0. The van der Waals surface area contributed by atoms with E-state index in [1.165, 1.54) is 12.1 Å². The largest absolute Gasteiger partial charge is 0.352 e. The van der Waals surface area contributed by atoms with Gasteiger partial charge < -0.3 is 10.2 Å². The first-order valence-electron chi connectivity index (χ1n) is 8.02. The van der Waals surface area contributed by atoms with Crippen LogP contribution < -0.4 is 5.32 Å². The van der Waals surface area contributed by atoms with Gasteiger partial charge in [0, 0.05) is 31.6 Å². The quantitative estimate of drug-likeness (QED) is 0.887. The van der Waals surface area contributed by atoms with Crippen molar-refractivity contribution >= 4 is 11.8 Å². The lowest BCUT2D eigenvalue weighted by atomic mass is 10.1. The molecule has 0 atom stereocenters. The van der Waals surface area contributed by atoms with E-state index in [-0.39, 0.29) is 17.6 Å². The number of amides is 2. The molecule has 0 saturated carbocycles. The molecule has 0 aromatic heterocycles. The molecule has 2 aromatic rings. The van der Waals surface area contributed by atoms with Crippen LogP contribution in [0.5, 0.6) is 0 Å². The highest BCUT2D eigenvalue weighted by molar-refractivity contribution is 5.98. The number of nitrogens with zero attached hydrogens (tertiary/aromatic N) is 1. The number of nitrogens with one attached hydrogen (secondary N) is 1. The predicted molar refractivity (Wildman–Crippen MR) is 88.7 cm³/mol. The van der Waals surface area contributed by atoms with Crippen LogP contribution in [0.1, 0.15) is 34.3 Å². The first kappa shape index (κ1) is 16.2. The molecule has 4 nitrogen and oxygen atoms in total. The summed E-state index contributed by atoms with van der Waals surface area (Å²) >= 11 is 0. The average molecular weight is 326 g/mol. The van der Waals surface area contributed by atoms with E-state index in [9.17, 15) is 14.0 Å². The van der Waals surface area contributed by atoms with Gasteiger partial charge in [0.05, 0.1) is 0 Å². The predicted octanol–water partition coefficient (Wildman–Crippen LogP) is 2.88. The third-order valence-corrected chi connectivity index (χ3v) is 4.13. The third kappa shape index (κ3) is 3.79. The molecular formula is C19H19FN2O2. The molecule has 0 aliphatic carbocycles. The van der Waals surface area contributed by atoms with Gasteiger partial charge in [0.15, 0.2) is 0 Å². The standard InChI is InChI=1S/C19H19FN2O2/c20-16-9-7-14(8-10-16)12-21-18(23)6-3-11-22-13-15-4-1-2-5-17(15)19(22)24/h1-2,4-5,7-10H,3,6,11-13H2,(H,21,23). The monoisotopic (exact) mass is 326 g/mol. The van der Waals surface area contributed by atoms with Crippen LogP contribution in [0.2, 0.25) is 0 Å². The number of benzene rings is 2. The Labute approximate surface area is 140 Å². The minimum absolute atomic E-state index is 0.0392. The van der Waals surface area contributed by atoms with Gasteiger partial charge in [-0.25, -0.2) is 4.39 Å². The normalized spacial score (nSPS) is 13.0. The van der Waals surface area contributed by atoms with Gasteiger partial charge in [0.1, 0.15) is 5.82 Å². The van der Waals surface area contributed by atoms with Crippen molar-refractivity contribution < 1.29 is 14.0 Å². The zero-order chi connectivity index (χ0) is 16.9. The molecule has 5 heteroatoms. The first-order chi connectivity index (χ1) is 11.6. The second-order valence-electron chi connectivity index (χ2n) is 5.89. The molecule has 0 radical (unpaired) electrons. The molecule has 24 heavy (non-hydrogen) atoms. The van der Waals surface area contributed by atoms with E-state index in [2.05, 4.69) is 5.32 Å². The fourth-order valence-electron chi connectivity index (χ4n) is 2.82. The molecule has 0 fully saturated rings. The van der Waals surface area contributed by atoms with Crippen LogP contribution in [-0.4, -0.2) is 23.3 Å². The van der Waals surface area contributed by atoms with Gasteiger partial charge in [0.25, 0.3) is 5.91 Å². The number of rotatable bonds is 6. The highest BCUT2D eigenvalue weighted by Gasteiger charge is 2.26. The number of fused-ring (bicyclic) bond motifs is 1. The molecule has 2 aromatic carbocycles. The van der Waals surface area contributed by atoms with Gasteiger partial charge in [-0.05, 0) is 35.7 Å². The Morgan fingerprint density at radius 3 is 2.62 bits per heavy atom. The summed E-state index contributed by atoms with van der Waals surface area (Å²) in [6, 6.07) is 13.6. The zero-order valence-corrected chi connectivity index (χ0v) is 13.3. The molecule has 3 rings (SSSR count). The number of hydrogen-bond acceptors (Lipinski definition) is 2. The Morgan fingerprint density at radius 1 is 1.12 bits per heavy atom. The minimum Gasteiger partial charge on any atom is -0.352 e. The van der Waals surface area contributed by atoms with Crippen LogP contribution >= 0.6 is 0 Å². The maximum Gasteiger partial charge on any atom is 0.254 e. The van der Waals surface area contributed by atoms with E-state index < -0.39 is 0 Å². The summed E-state index contributed by atoms with van der Waals surface area (Å²) in [6.07, 6.45) is 0.982. The maximum atomic E-state index is 12.8. The van der Waals surface area contributed by atoms with Gasteiger partial charge in [-0.2, -0.15) is 0 Å². The topological polar surface area (TPSA) is 49.4 Å². The van der Waals surface area contributed by atoms with Gasteiger partial charge in [-0.15, -0.1) is 0 Å². The van der Waals surface area contributed by atoms with Crippen molar-refractivity contribution in [2.24, 2.45) is 0 Å². The average Bonchev–Trinajstić information content (AvgIpc) is 2.91. The third-order valence-electron chi connectivity index (χ3n) is 4.13. The summed E-state index contributed by atoms with van der Waals surface area (Å²) in [5, 5.41) is 2.81. The van der Waals surface area contributed by atoms with Crippen LogP contribution in [0.25, 0.3) is 0 Å². The highest BCUT2D eigenvalue weighted by Crippen LogP contribution is 2.22. The molecule has 124 valence electrons. The number of halogens is 1. The Hall–Kier alpha value is -2.69. The van der Waals surface area contributed by atoms with Crippen molar-refractivity contribution in [1.82, 2.24) is 10.2 Å². The second-order valence-corrected chi connectivity index (χ2v) is 5.89. The van der Waals surface area contributed by atoms with Gasteiger partial charge in [-0.1, -0.05) is 30.3 Å². The van der Waals surface area contributed by atoms with Crippen molar-refractivity contribution in [3.8, 4) is 0 Å². The minimum atomic E-state index is -0.290. The first-order valence-corrected chi connectivity index (χ1v) is 8.02. The van der Waals surface area contributed by atoms with Crippen LogP contribution in [0.4, 0.5) is 4.39 Å².